The van der Waals surface area contributed by atoms with Gasteiger partial charge in [-0.1, -0.05) is 24.3 Å². The molecule has 0 saturated carbocycles. The third-order valence-electron chi connectivity index (χ3n) is 4.02. The SMILES string of the molecule is COc1ccccc1NC(=O)Nc1nc(CC(=O)Nc2cccc(C(C)=O)c2)cs1. The molecule has 0 spiro atoms. The third kappa shape index (κ3) is 5.65. The Bertz CT molecular complexity index is 1080. The Hall–Kier alpha value is -3.72. The van der Waals surface area contributed by atoms with Crippen LogP contribution in [0.1, 0.15) is 23.0 Å². The summed E-state index contributed by atoms with van der Waals surface area (Å²) >= 11 is 1.21. The van der Waals surface area contributed by atoms with E-state index in [0.717, 1.165) is 0 Å². The second kappa shape index (κ2) is 9.66. The third-order valence-corrected chi connectivity index (χ3v) is 4.83. The Kier molecular flexibility index (Phi) is 6.76. The summed E-state index contributed by atoms with van der Waals surface area (Å²) in [5.74, 6) is 0.191. The monoisotopic (exact) mass is 424 g/mol. The Labute approximate surface area is 177 Å². The molecule has 1 heterocycles. The van der Waals surface area contributed by atoms with Gasteiger partial charge in [-0.05, 0) is 31.2 Å². The van der Waals surface area contributed by atoms with Gasteiger partial charge in [0.05, 0.1) is 24.9 Å². The number of carbonyl (C=O) groups is 3. The molecule has 0 aliphatic heterocycles. The number of ether oxygens (including phenoxy) is 1. The smallest absolute Gasteiger partial charge is 0.325 e. The number of nitrogens with one attached hydrogen (secondary N) is 3. The molecule has 1 aromatic heterocycles. The lowest BCUT2D eigenvalue weighted by Crippen LogP contribution is -2.20. The molecule has 0 bridgehead atoms. The lowest BCUT2D eigenvalue weighted by atomic mass is 10.1. The summed E-state index contributed by atoms with van der Waals surface area (Å²) in [6.07, 6.45) is 0.0383. The van der Waals surface area contributed by atoms with Crippen molar-refractivity contribution < 1.29 is 19.1 Å². The molecule has 0 radical (unpaired) electrons. The standard InChI is InChI=1S/C21H20N4O4S/c1-13(26)14-6-5-7-15(10-14)22-19(27)11-16-12-30-21(23-16)25-20(28)24-17-8-3-4-9-18(17)29-2/h3-10,12H,11H2,1-2H3,(H,22,27)(H2,23,24,25,28). The van der Waals surface area contributed by atoms with Crippen molar-refractivity contribution in [2.75, 3.05) is 23.1 Å². The number of anilines is 3. The van der Waals surface area contributed by atoms with Crippen LogP contribution in [-0.4, -0.2) is 29.8 Å². The van der Waals surface area contributed by atoms with Gasteiger partial charge < -0.3 is 15.4 Å². The minimum absolute atomic E-state index is 0.0383. The van der Waals surface area contributed by atoms with E-state index >= 15 is 0 Å². The fraction of sp³-hybridized carbons (Fsp3) is 0.143. The maximum absolute atomic E-state index is 12.3. The summed E-state index contributed by atoms with van der Waals surface area (Å²) in [4.78, 5) is 40.2. The Morgan fingerprint density at radius 1 is 1.03 bits per heavy atom. The van der Waals surface area contributed by atoms with Crippen molar-refractivity contribution in [2.45, 2.75) is 13.3 Å². The molecule has 3 N–H and O–H groups in total. The van der Waals surface area contributed by atoms with Gasteiger partial charge in [0.25, 0.3) is 0 Å². The van der Waals surface area contributed by atoms with Gasteiger partial charge in [0.2, 0.25) is 5.91 Å². The van der Waals surface area contributed by atoms with E-state index < -0.39 is 6.03 Å². The van der Waals surface area contributed by atoms with Crippen LogP contribution in [0.25, 0.3) is 0 Å². The number of methoxy groups -OCH3 is 1. The number of para-hydroxylation sites is 2. The number of hydrogen-bond donors (Lipinski definition) is 3. The second-order valence-corrected chi connectivity index (χ2v) is 7.14. The highest BCUT2D eigenvalue weighted by molar-refractivity contribution is 7.14. The maximum atomic E-state index is 12.3. The number of nitrogens with zero attached hydrogens (tertiary/aromatic N) is 1. The van der Waals surface area contributed by atoms with E-state index in [0.29, 0.717) is 33.5 Å². The normalized spacial score (nSPS) is 10.2. The lowest BCUT2D eigenvalue weighted by Gasteiger charge is -2.09. The minimum atomic E-state index is -0.467. The quantitative estimate of drug-likeness (QED) is 0.493. The van der Waals surface area contributed by atoms with E-state index in [-0.39, 0.29) is 18.1 Å². The van der Waals surface area contributed by atoms with Crippen molar-refractivity contribution in [1.82, 2.24) is 4.98 Å². The zero-order valence-corrected chi connectivity index (χ0v) is 17.2. The molecule has 0 saturated heterocycles. The fourth-order valence-electron chi connectivity index (χ4n) is 2.63. The first kappa shape index (κ1) is 21.0. The number of hydrogen-bond acceptors (Lipinski definition) is 6. The molecule has 3 amide bonds. The van der Waals surface area contributed by atoms with Gasteiger partial charge in [0, 0.05) is 16.6 Å². The fourth-order valence-corrected chi connectivity index (χ4v) is 3.34. The molecule has 0 fully saturated rings. The first-order chi connectivity index (χ1) is 14.4. The van der Waals surface area contributed by atoms with E-state index in [1.165, 1.54) is 25.4 Å². The zero-order chi connectivity index (χ0) is 21.5. The summed E-state index contributed by atoms with van der Waals surface area (Å²) in [5, 5.41) is 10.1. The van der Waals surface area contributed by atoms with Crippen LogP contribution in [-0.2, 0) is 11.2 Å². The molecule has 0 unspecified atom stereocenters. The van der Waals surface area contributed by atoms with E-state index in [9.17, 15) is 14.4 Å². The molecule has 3 rings (SSSR count). The number of rotatable bonds is 7. The van der Waals surface area contributed by atoms with Gasteiger partial charge in [-0.2, -0.15) is 0 Å². The first-order valence-corrected chi connectivity index (χ1v) is 9.89. The summed E-state index contributed by atoms with van der Waals surface area (Å²) in [5.41, 5.74) is 2.11. The van der Waals surface area contributed by atoms with Crippen molar-refractivity contribution in [3.63, 3.8) is 0 Å². The Morgan fingerprint density at radius 3 is 2.60 bits per heavy atom. The van der Waals surface area contributed by atoms with Crippen LogP contribution in [0, 0.1) is 0 Å². The summed E-state index contributed by atoms with van der Waals surface area (Å²) in [6.45, 7) is 1.47. The Morgan fingerprint density at radius 2 is 1.83 bits per heavy atom. The predicted octanol–water partition coefficient (Wildman–Crippen LogP) is 4.18. The molecule has 3 aromatic rings. The average Bonchev–Trinajstić information content (AvgIpc) is 3.14. The highest BCUT2D eigenvalue weighted by Crippen LogP contribution is 2.23. The van der Waals surface area contributed by atoms with Crippen LogP contribution in [0.5, 0.6) is 5.75 Å². The number of urea groups is 1. The lowest BCUT2D eigenvalue weighted by molar-refractivity contribution is -0.115. The van der Waals surface area contributed by atoms with Crippen molar-refractivity contribution in [3.8, 4) is 5.75 Å². The molecule has 0 aliphatic rings. The number of carbonyl (C=O) groups excluding carboxylic acids is 3. The summed E-state index contributed by atoms with van der Waals surface area (Å²) in [6, 6.07) is 13.3. The van der Waals surface area contributed by atoms with Crippen LogP contribution in [0.15, 0.2) is 53.9 Å². The second-order valence-electron chi connectivity index (χ2n) is 6.29. The van der Waals surface area contributed by atoms with Gasteiger partial charge in [-0.15, -0.1) is 11.3 Å². The Balaban J connectivity index is 1.55. The van der Waals surface area contributed by atoms with Crippen LogP contribution in [0.3, 0.4) is 0 Å². The van der Waals surface area contributed by atoms with E-state index in [1.54, 1.807) is 53.9 Å². The van der Waals surface area contributed by atoms with Crippen molar-refractivity contribution >= 4 is 45.6 Å². The van der Waals surface area contributed by atoms with Gasteiger partial charge >= 0.3 is 6.03 Å². The molecule has 30 heavy (non-hydrogen) atoms. The topological polar surface area (TPSA) is 109 Å². The molecular weight excluding hydrogens is 404 g/mol. The maximum Gasteiger partial charge on any atom is 0.325 e. The molecule has 0 aliphatic carbocycles. The zero-order valence-electron chi connectivity index (χ0n) is 16.4. The number of thiazole rings is 1. The highest BCUT2D eigenvalue weighted by Gasteiger charge is 2.12. The van der Waals surface area contributed by atoms with Crippen LogP contribution < -0.4 is 20.7 Å². The van der Waals surface area contributed by atoms with E-state index in [4.69, 9.17) is 4.74 Å². The van der Waals surface area contributed by atoms with Crippen molar-refractivity contribution in [2.24, 2.45) is 0 Å². The minimum Gasteiger partial charge on any atom is -0.495 e. The number of amides is 3. The van der Waals surface area contributed by atoms with Gasteiger partial charge in [0.15, 0.2) is 10.9 Å². The van der Waals surface area contributed by atoms with E-state index in [2.05, 4.69) is 20.9 Å². The number of benzene rings is 2. The van der Waals surface area contributed by atoms with Crippen LogP contribution >= 0.6 is 11.3 Å². The molecule has 154 valence electrons. The largest absolute Gasteiger partial charge is 0.495 e. The summed E-state index contributed by atoms with van der Waals surface area (Å²) in [7, 11) is 1.52. The van der Waals surface area contributed by atoms with Gasteiger partial charge in [-0.25, -0.2) is 9.78 Å². The molecule has 8 nitrogen and oxygen atoms in total. The van der Waals surface area contributed by atoms with Crippen molar-refractivity contribution in [1.29, 1.82) is 0 Å². The predicted molar refractivity (Wildman–Crippen MR) is 117 cm³/mol. The molecule has 2 aromatic carbocycles. The molecule has 9 heteroatoms. The molecule has 0 atom stereocenters. The van der Waals surface area contributed by atoms with E-state index in [1.807, 2.05) is 0 Å². The van der Waals surface area contributed by atoms with Crippen LogP contribution in [0.2, 0.25) is 0 Å². The number of Topliss-reactive ketones (excluding diaryl/α,β-unsaturated/α-hetero) is 1. The molecular formula is C21H20N4O4S. The van der Waals surface area contributed by atoms with Crippen molar-refractivity contribution in [3.05, 3.63) is 65.2 Å². The first-order valence-electron chi connectivity index (χ1n) is 9.01. The highest BCUT2D eigenvalue weighted by atomic mass is 32.1. The number of ketones is 1. The summed E-state index contributed by atoms with van der Waals surface area (Å²) < 4.78 is 5.19. The average molecular weight is 424 g/mol. The van der Waals surface area contributed by atoms with Gasteiger partial charge in [-0.3, -0.25) is 14.9 Å². The number of aromatic nitrogens is 1. The van der Waals surface area contributed by atoms with Gasteiger partial charge in [0.1, 0.15) is 5.75 Å². The van der Waals surface area contributed by atoms with Crippen LogP contribution in [0.4, 0.5) is 21.3 Å².